The van der Waals surface area contributed by atoms with Crippen molar-refractivity contribution < 1.29 is 22.9 Å². The molecule has 192 valence electrons. The van der Waals surface area contributed by atoms with Gasteiger partial charge in [0.25, 0.3) is 10.1 Å². The maximum Gasteiger partial charge on any atom is 0.303 e. The molecule has 3 rings (SSSR count). The molecule has 36 heavy (non-hydrogen) atoms. The third-order valence-electron chi connectivity index (χ3n) is 6.38. The van der Waals surface area contributed by atoms with Crippen LogP contribution in [-0.2, 0) is 20.3 Å². The van der Waals surface area contributed by atoms with E-state index in [1.807, 2.05) is 60.8 Å². The number of carboxylic acid groups (broad SMARTS) is 1. The van der Waals surface area contributed by atoms with Gasteiger partial charge in [-0.2, -0.15) is 8.42 Å². The summed E-state index contributed by atoms with van der Waals surface area (Å²) in [5, 5.41) is 12.1. The van der Waals surface area contributed by atoms with Crippen molar-refractivity contribution in [3.05, 3.63) is 90.7 Å². The SMILES string of the molecule is CC1(C)c2cc(S(=O)(=O)O)ccc2N(CCCCCC(=O)O)C1/C=C/C=C/C=C/Nc1ccccc1. The maximum atomic E-state index is 11.8. The Morgan fingerprint density at radius 1 is 1.03 bits per heavy atom. The monoisotopic (exact) mass is 510 g/mol. The second-order valence-electron chi connectivity index (χ2n) is 9.36. The molecule has 2 aromatic carbocycles. The van der Waals surface area contributed by atoms with E-state index in [-0.39, 0.29) is 17.4 Å². The fourth-order valence-corrected chi connectivity index (χ4v) is 5.02. The molecule has 0 aromatic heterocycles. The van der Waals surface area contributed by atoms with E-state index in [9.17, 15) is 17.8 Å². The Bertz CT molecular complexity index is 1230. The lowest BCUT2D eigenvalue weighted by atomic mass is 9.80. The van der Waals surface area contributed by atoms with Crippen LogP contribution in [0.1, 0.15) is 45.1 Å². The van der Waals surface area contributed by atoms with Crippen molar-refractivity contribution >= 4 is 27.5 Å². The van der Waals surface area contributed by atoms with Gasteiger partial charge < -0.3 is 15.3 Å². The summed E-state index contributed by atoms with van der Waals surface area (Å²) in [5.74, 6) is -0.791. The van der Waals surface area contributed by atoms with Gasteiger partial charge in [-0.15, -0.1) is 0 Å². The van der Waals surface area contributed by atoms with Gasteiger partial charge in [0.1, 0.15) is 0 Å². The Morgan fingerprint density at radius 2 is 1.75 bits per heavy atom. The highest BCUT2D eigenvalue weighted by Crippen LogP contribution is 2.46. The van der Waals surface area contributed by atoms with Gasteiger partial charge in [0, 0.05) is 36.0 Å². The fraction of sp³-hybridized carbons (Fsp3) is 0.321. The van der Waals surface area contributed by atoms with Gasteiger partial charge in [0.05, 0.1) is 10.9 Å². The molecular formula is C28H34N2O5S. The summed E-state index contributed by atoms with van der Waals surface area (Å²) in [6.07, 6.45) is 14.1. The van der Waals surface area contributed by atoms with Gasteiger partial charge in [-0.3, -0.25) is 9.35 Å². The molecule has 1 aliphatic rings. The van der Waals surface area contributed by atoms with Crippen molar-refractivity contribution in [2.45, 2.75) is 55.9 Å². The second kappa shape index (κ2) is 12.1. The number of benzene rings is 2. The van der Waals surface area contributed by atoms with Crippen molar-refractivity contribution in [2.75, 3.05) is 16.8 Å². The van der Waals surface area contributed by atoms with Crippen LogP contribution in [0.4, 0.5) is 11.4 Å². The van der Waals surface area contributed by atoms with Gasteiger partial charge in [0.15, 0.2) is 0 Å². The standard InChI is InChI=1S/C28H34N2O5S/c1-28(2)24-21-23(36(33,34)35)17-18-25(24)30(20-12-6-10-16-27(31)32)26(28)15-9-3-4-11-19-29-22-13-7-5-8-14-22/h3-5,7-9,11,13-15,17-19,21,26,29H,6,10,12,16,20H2,1-2H3,(H,31,32)(H,33,34,35)/b4-3+,15-9+,19-11+. The number of allylic oxidation sites excluding steroid dienone is 4. The van der Waals surface area contributed by atoms with Crippen LogP contribution in [-0.4, -0.2) is 36.6 Å². The molecule has 0 amide bonds. The molecule has 1 heterocycles. The van der Waals surface area contributed by atoms with E-state index in [2.05, 4.69) is 30.1 Å². The molecule has 0 fully saturated rings. The molecule has 7 nitrogen and oxygen atoms in total. The van der Waals surface area contributed by atoms with Crippen LogP contribution in [0.15, 0.2) is 90.0 Å². The van der Waals surface area contributed by atoms with Crippen LogP contribution in [0.3, 0.4) is 0 Å². The van der Waals surface area contributed by atoms with Crippen molar-refractivity contribution in [1.29, 1.82) is 0 Å². The van der Waals surface area contributed by atoms with Crippen LogP contribution in [0, 0.1) is 0 Å². The molecule has 0 radical (unpaired) electrons. The Morgan fingerprint density at radius 3 is 2.44 bits per heavy atom. The smallest absolute Gasteiger partial charge is 0.303 e. The molecule has 8 heteroatoms. The van der Waals surface area contributed by atoms with Crippen molar-refractivity contribution in [3.63, 3.8) is 0 Å². The van der Waals surface area contributed by atoms with Crippen LogP contribution in [0.5, 0.6) is 0 Å². The van der Waals surface area contributed by atoms with Gasteiger partial charge in [-0.25, -0.2) is 0 Å². The van der Waals surface area contributed by atoms with Gasteiger partial charge in [-0.1, -0.05) is 62.8 Å². The zero-order chi connectivity index (χ0) is 26.2. The minimum absolute atomic E-state index is 0.0419. The summed E-state index contributed by atoms with van der Waals surface area (Å²) in [5.41, 5.74) is 2.38. The third kappa shape index (κ3) is 7.08. The number of carboxylic acids is 1. The molecule has 0 bridgehead atoms. The number of rotatable bonds is 12. The molecule has 0 aliphatic carbocycles. The summed E-state index contributed by atoms with van der Waals surface area (Å²) >= 11 is 0. The number of anilines is 2. The van der Waals surface area contributed by atoms with Gasteiger partial charge in [-0.05, 0) is 54.8 Å². The summed E-state index contributed by atoms with van der Waals surface area (Å²) < 4.78 is 33.1. The molecule has 3 N–H and O–H groups in total. The van der Waals surface area contributed by atoms with Crippen LogP contribution in [0.2, 0.25) is 0 Å². The second-order valence-corrected chi connectivity index (χ2v) is 10.8. The maximum absolute atomic E-state index is 11.8. The average Bonchev–Trinajstić information content (AvgIpc) is 3.04. The fourth-order valence-electron chi connectivity index (χ4n) is 4.51. The lowest BCUT2D eigenvalue weighted by Gasteiger charge is -2.32. The number of fused-ring (bicyclic) bond motifs is 1. The number of aliphatic carboxylic acids is 1. The van der Waals surface area contributed by atoms with E-state index in [0.29, 0.717) is 13.0 Å². The lowest BCUT2D eigenvalue weighted by Crippen LogP contribution is -2.40. The van der Waals surface area contributed by atoms with E-state index in [0.717, 1.165) is 29.8 Å². The summed E-state index contributed by atoms with van der Waals surface area (Å²) in [7, 11) is -4.31. The first kappa shape index (κ1) is 27.2. The van der Waals surface area contributed by atoms with E-state index >= 15 is 0 Å². The first-order chi connectivity index (χ1) is 17.1. The molecular weight excluding hydrogens is 476 g/mol. The first-order valence-electron chi connectivity index (χ1n) is 12.0. The van der Waals surface area contributed by atoms with Crippen molar-refractivity contribution in [2.24, 2.45) is 0 Å². The summed E-state index contributed by atoms with van der Waals surface area (Å²) in [4.78, 5) is 12.9. The quantitative estimate of drug-likeness (QED) is 0.189. The molecule has 0 saturated heterocycles. The number of nitrogens with one attached hydrogen (secondary N) is 1. The number of hydrogen-bond donors (Lipinski definition) is 3. The Labute approximate surface area is 213 Å². The normalized spacial score (nSPS) is 17.3. The molecule has 1 aliphatic heterocycles. The topological polar surface area (TPSA) is 107 Å². The van der Waals surface area contributed by atoms with E-state index in [1.165, 1.54) is 6.07 Å². The minimum atomic E-state index is -4.31. The number of unbranched alkanes of at least 4 members (excludes halogenated alkanes) is 2. The summed E-state index contributed by atoms with van der Waals surface area (Å²) in [6, 6.07) is 14.6. The number of nitrogens with zero attached hydrogens (tertiary/aromatic N) is 1. The minimum Gasteiger partial charge on any atom is -0.481 e. The predicted molar refractivity (Wildman–Crippen MR) is 144 cm³/mol. The molecule has 0 spiro atoms. The zero-order valence-corrected chi connectivity index (χ0v) is 21.5. The number of carbonyl (C=O) groups is 1. The largest absolute Gasteiger partial charge is 0.481 e. The highest BCUT2D eigenvalue weighted by molar-refractivity contribution is 7.85. The van der Waals surface area contributed by atoms with Crippen molar-refractivity contribution in [3.8, 4) is 0 Å². The van der Waals surface area contributed by atoms with E-state index < -0.39 is 21.5 Å². The first-order valence-corrected chi connectivity index (χ1v) is 13.5. The van der Waals surface area contributed by atoms with Crippen molar-refractivity contribution in [1.82, 2.24) is 0 Å². The predicted octanol–water partition coefficient (Wildman–Crippen LogP) is 5.78. The Kier molecular flexibility index (Phi) is 9.12. The summed E-state index contributed by atoms with van der Waals surface area (Å²) in [6.45, 7) is 4.83. The van der Waals surface area contributed by atoms with Crippen LogP contribution >= 0.6 is 0 Å². The average molecular weight is 511 g/mol. The molecule has 0 saturated carbocycles. The number of para-hydroxylation sites is 1. The third-order valence-corrected chi connectivity index (χ3v) is 7.23. The Hall–Kier alpha value is -3.36. The Balaban J connectivity index is 1.75. The zero-order valence-electron chi connectivity index (χ0n) is 20.7. The van der Waals surface area contributed by atoms with E-state index in [4.69, 9.17) is 5.11 Å². The highest BCUT2D eigenvalue weighted by atomic mass is 32.2. The number of hydrogen-bond acceptors (Lipinski definition) is 5. The van der Waals surface area contributed by atoms with Gasteiger partial charge in [0.2, 0.25) is 0 Å². The molecule has 1 atom stereocenters. The van der Waals surface area contributed by atoms with Gasteiger partial charge >= 0.3 is 5.97 Å². The molecule has 1 unspecified atom stereocenters. The molecule has 2 aromatic rings. The van der Waals surface area contributed by atoms with Crippen LogP contribution in [0.25, 0.3) is 0 Å². The van der Waals surface area contributed by atoms with E-state index in [1.54, 1.807) is 12.1 Å². The highest BCUT2D eigenvalue weighted by Gasteiger charge is 2.43. The lowest BCUT2D eigenvalue weighted by molar-refractivity contribution is -0.137. The van der Waals surface area contributed by atoms with Crippen LogP contribution < -0.4 is 10.2 Å².